The van der Waals surface area contributed by atoms with E-state index in [0.717, 1.165) is 10.8 Å². The van der Waals surface area contributed by atoms with Crippen molar-refractivity contribution in [3.05, 3.63) is 71.8 Å². The summed E-state index contributed by atoms with van der Waals surface area (Å²) >= 11 is 0. The number of carbonyl (C=O) groups excluding carboxylic acids is 2. The molecule has 2 amide bonds. The lowest BCUT2D eigenvalue weighted by molar-refractivity contribution is -0.115. The Hall–Kier alpha value is -3.67. The van der Waals surface area contributed by atoms with Gasteiger partial charge in [0.15, 0.2) is 0 Å². The molecule has 6 heteroatoms. The molecule has 0 atom stereocenters. The lowest BCUT2D eigenvalue weighted by atomic mass is 10.0. The van der Waals surface area contributed by atoms with Gasteiger partial charge in [0.2, 0.25) is 5.91 Å². The van der Waals surface area contributed by atoms with Crippen LogP contribution < -0.4 is 10.7 Å². The van der Waals surface area contributed by atoms with Crippen molar-refractivity contribution in [1.82, 2.24) is 5.43 Å². The van der Waals surface area contributed by atoms with Crippen molar-refractivity contribution >= 4 is 34.5 Å². The van der Waals surface area contributed by atoms with Crippen molar-refractivity contribution < 1.29 is 14.7 Å². The van der Waals surface area contributed by atoms with Gasteiger partial charge in [-0.1, -0.05) is 37.3 Å². The van der Waals surface area contributed by atoms with Gasteiger partial charge in [-0.2, -0.15) is 5.10 Å². The Bertz CT molecular complexity index is 1010. The zero-order chi connectivity index (χ0) is 19.2. The lowest BCUT2D eigenvalue weighted by Gasteiger charge is -2.06. The minimum absolute atomic E-state index is 0.0858. The molecule has 6 nitrogen and oxygen atoms in total. The minimum atomic E-state index is -0.389. The number of phenols is 1. The second-order valence-corrected chi connectivity index (χ2v) is 5.90. The normalized spacial score (nSPS) is 10.9. The number of hydrogen-bond acceptors (Lipinski definition) is 4. The molecule has 0 unspecified atom stereocenters. The number of carbonyl (C=O) groups is 2. The Balaban J connectivity index is 1.71. The van der Waals surface area contributed by atoms with Crippen LogP contribution in [0.5, 0.6) is 5.75 Å². The molecule has 0 saturated heterocycles. The third-order valence-corrected chi connectivity index (χ3v) is 4.06. The Labute approximate surface area is 156 Å². The minimum Gasteiger partial charge on any atom is -0.507 e. The number of fused-ring (bicyclic) bond motifs is 1. The highest BCUT2D eigenvalue weighted by atomic mass is 16.3. The molecule has 0 radical (unpaired) electrons. The molecule has 0 spiro atoms. The van der Waals surface area contributed by atoms with Crippen LogP contribution in [0.2, 0.25) is 0 Å². The van der Waals surface area contributed by atoms with Gasteiger partial charge in [0.1, 0.15) is 5.75 Å². The van der Waals surface area contributed by atoms with Crippen molar-refractivity contribution in [2.24, 2.45) is 5.10 Å². The first-order valence-corrected chi connectivity index (χ1v) is 8.52. The molecule has 136 valence electrons. The van der Waals surface area contributed by atoms with Crippen LogP contribution in [0.15, 0.2) is 65.8 Å². The number of hydrazone groups is 1. The second kappa shape index (κ2) is 8.14. The van der Waals surface area contributed by atoms with E-state index in [2.05, 4.69) is 15.8 Å². The van der Waals surface area contributed by atoms with Gasteiger partial charge in [-0.15, -0.1) is 0 Å². The van der Waals surface area contributed by atoms with Crippen LogP contribution in [0.4, 0.5) is 5.69 Å². The van der Waals surface area contributed by atoms with Gasteiger partial charge < -0.3 is 10.4 Å². The number of aromatic hydroxyl groups is 1. The molecule has 0 saturated carbocycles. The van der Waals surface area contributed by atoms with Crippen LogP contribution in [0.25, 0.3) is 10.8 Å². The zero-order valence-electron chi connectivity index (χ0n) is 14.8. The van der Waals surface area contributed by atoms with Crippen LogP contribution in [0, 0.1) is 0 Å². The first-order chi connectivity index (χ1) is 13.1. The van der Waals surface area contributed by atoms with E-state index in [0.29, 0.717) is 23.2 Å². The summed E-state index contributed by atoms with van der Waals surface area (Å²) in [5.41, 5.74) is 4.01. The molecule has 0 fully saturated rings. The number of hydrogen-bond donors (Lipinski definition) is 3. The Morgan fingerprint density at radius 2 is 1.78 bits per heavy atom. The third-order valence-electron chi connectivity index (χ3n) is 4.06. The van der Waals surface area contributed by atoms with Gasteiger partial charge >= 0.3 is 0 Å². The third kappa shape index (κ3) is 4.30. The number of anilines is 1. The summed E-state index contributed by atoms with van der Waals surface area (Å²) in [7, 11) is 0. The molecule has 0 bridgehead atoms. The topological polar surface area (TPSA) is 90.8 Å². The Kier molecular flexibility index (Phi) is 5.47. The maximum absolute atomic E-state index is 12.2. The number of nitrogens with zero attached hydrogens (tertiary/aromatic N) is 1. The lowest BCUT2D eigenvalue weighted by Crippen LogP contribution is -2.17. The molecule has 0 aromatic heterocycles. The van der Waals surface area contributed by atoms with Crippen LogP contribution in [0.1, 0.15) is 29.3 Å². The van der Waals surface area contributed by atoms with E-state index in [1.807, 2.05) is 30.3 Å². The average Bonchev–Trinajstić information content (AvgIpc) is 2.70. The molecule has 3 aromatic carbocycles. The predicted molar refractivity (Wildman–Crippen MR) is 106 cm³/mol. The highest BCUT2D eigenvalue weighted by molar-refractivity contribution is 6.03. The Morgan fingerprint density at radius 1 is 1.04 bits per heavy atom. The van der Waals surface area contributed by atoms with Crippen molar-refractivity contribution in [3.63, 3.8) is 0 Å². The Morgan fingerprint density at radius 3 is 2.52 bits per heavy atom. The van der Waals surface area contributed by atoms with Gasteiger partial charge in [-0.05, 0) is 41.1 Å². The van der Waals surface area contributed by atoms with Crippen molar-refractivity contribution in [3.8, 4) is 5.75 Å². The second-order valence-electron chi connectivity index (χ2n) is 5.90. The summed E-state index contributed by atoms with van der Waals surface area (Å²) in [5.74, 6) is -0.395. The maximum atomic E-state index is 12.2. The van der Waals surface area contributed by atoms with Crippen molar-refractivity contribution in [1.29, 1.82) is 0 Å². The van der Waals surface area contributed by atoms with Crippen LogP contribution in [0.3, 0.4) is 0 Å². The van der Waals surface area contributed by atoms with Gasteiger partial charge in [0.25, 0.3) is 5.91 Å². The first-order valence-electron chi connectivity index (χ1n) is 8.52. The fourth-order valence-electron chi connectivity index (χ4n) is 2.59. The highest BCUT2D eigenvalue weighted by Gasteiger charge is 2.07. The van der Waals surface area contributed by atoms with E-state index in [1.165, 1.54) is 6.21 Å². The van der Waals surface area contributed by atoms with Gasteiger partial charge in [-0.3, -0.25) is 9.59 Å². The molecule has 27 heavy (non-hydrogen) atoms. The summed E-state index contributed by atoms with van der Waals surface area (Å²) in [6.45, 7) is 1.77. The van der Waals surface area contributed by atoms with Gasteiger partial charge in [0.05, 0.1) is 6.21 Å². The van der Waals surface area contributed by atoms with Crippen molar-refractivity contribution in [2.45, 2.75) is 13.3 Å². The SMILES string of the molecule is CCC(=O)Nc1ccc(C(=O)N/N=C\c2c(O)ccc3ccccc23)cc1. The van der Waals surface area contributed by atoms with Crippen LogP contribution >= 0.6 is 0 Å². The largest absolute Gasteiger partial charge is 0.507 e. The number of amides is 2. The summed E-state index contributed by atoms with van der Waals surface area (Å²) in [4.78, 5) is 23.6. The molecule has 0 aliphatic rings. The van der Waals surface area contributed by atoms with Crippen molar-refractivity contribution in [2.75, 3.05) is 5.32 Å². The number of phenolic OH excluding ortho intramolecular Hbond substituents is 1. The summed E-state index contributed by atoms with van der Waals surface area (Å²) in [6, 6.07) is 17.5. The molecular weight excluding hydrogens is 342 g/mol. The number of rotatable bonds is 5. The zero-order valence-corrected chi connectivity index (χ0v) is 14.8. The van der Waals surface area contributed by atoms with Gasteiger partial charge in [-0.25, -0.2) is 5.43 Å². The van der Waals surface area contributed by atoms with E-state index >= 15 is 0 Å². The van der Waals surface area contributed by atoms with E-state index in [1.54, 1.807) is 37.3 Å². The van der Waals surface area contributed by atoms with E-state index in [9.17, 15) is 14.7 Å². The quantitative estimate of drug-likeness (QED) is 0.478. The molecule has 3 rings (SSSR count). The molecular formula is C21H19N3O3. The predicted octanol–water partition coefficient (Wildman–Crippen LogP) is 3.66. The summed E-state index contributed by atoms with van der Waals surface area (Å²) in [5, 5.41) is 18.6. The first kappa shape index (κ1) is 18.1. The van der Waals surface area contributed by atoms with E-state index in [4.69, 9.17) is 0 Å². The monoisotopic (exact) mass is 361 g/mol. The number of nitrogens with one attached hydrogen (secondary N) is 2. The smallest absolute Gasteiger partial charge is 0.271 e. The fraction of sp³-hybridized carbons (Fsp3) is 0.0952. The highest BCUT2D eigenvalue weighted by Crippen LogP contribution is 2.25. The number of benzene rings is 3. The average molecular weight is 361 g/mol. The van der Waals surface area contributed by atoms with Crippen LogP contribution in [-0.2, 0) is 4.79 Å². The summed E-state index contributed by atoms with van der Waals surface area (Å²) < 4.78 is 0. The molecule has 0 aliphatic heterocycles. The van der Waals surface area contributed by atoms with E-state index in [-0.39, 0.29) is 17.6 Å². The van der Waals surface area contributed by atoms with Crippen LogP contribution in [-0.4, -0.2) is 23.1 Å². The molecule has 3 aromatic rings. The fourth-order valence-corrected chi connectivity index (χ4v) is 2.59. The standard InChI is InChI=1S/C21H19N3O3/c1-2-20(26)23-16-10-7-15(8-11-16)21(27)24-22-13-18-17-6-4-3-5-14(17)9-12-19(18)25/h3-13,25H,2H2,1H3,(H,23,26)(H,24,27)/b22-13-. The maximum Gasteiger partial charge on any atom is 0.271 e. The molecule has 0 aliphatic carbocycles. The molecule has 0 heterocycles. The van der Waals surface area contributed by atoms with E-state index < -0.39 is 0 Å². The van der Waals surface area contributed by atoms with Gasteiger partial charge in [0, 0.05) is 23.2 Å². The summed E-state index contributed by atoms with van der Waals surface area (Å²) in [6.07, 6.45) is 1.81. The molecule has 3 N–H and O–H groups in total.